The van der Waals surface area contributed by atoms with Gasteiger partial charge in [0.15, 0.2) is 5.78 Å². The summed E-state index contributed by atoms with van der Waals surface area (Å²) < 4.78 is 0. The SMILES string of the molecule is O=C(/C=C/c1ccc(N2C(=O)C3C4C=CC(C4)C3C2=O)cc1)c1ccccc1. The number of fused-ring (bicyclic) bond motifs is 5. The maximum absolute atomic E-state index is 12.9. The van der Waals surface area contributed by atoms with E-state index in [1.165, 1.54) is 11.0 Å². The van der Waals surface area contributed by atoms with Crippen molar-refractivity contribution in [3.63, 3.8) is 0 Å². The maximum atomic E-state index is 12.9. The smallest absolute Gasteiger partial charge is 0.238 e. The van der Waals surface area contributed by atoms with Crippen LogP contribution in [0.3, 0.4) is 0 Å². The molecule has 4 atom stereocenters. The van der Waals surface area contributed by atoms with E-state index in [0.717, 1.165) is 12.0 Å². The lowest BCUT2D eigenvalue weighted by molar-refractivity contribution is -0.123. The summed E-state index contributed by atoms with van der Waals surface area (Å²) >= 11 is 0. The number of imide groups is 1. The van der Waals surface area contributed by atoms with Crippen LogP contribution in [0.25, 0.3) is 6.08 Å². The summed E-state index contributed by atoms with van der Waals surface area (Å²) in [5.41, 5.74) is 2.09. The van der Waals surface area contributed by atoms with E-state index in [-0.39, 0.29) is 41.3 Å². The first-order valence-corrected chi connectivity index (χ1v) is 9.57. The summed E-state index contributed by atoms with van der Waals surface area (Å²) in [6, 6.07) is 16.3. The third kappa shape index (κ3) is 2.56. The third-order valence-corrected chi connectivity index (χ3v) is 6.11. The van der Waals surface area contributed by atoms with E-state index in [4.69, 9.17) is 0 Å². The zero-order chi connectivity index (χ0) is 19.3. The van der Waals surface area contributed by atoms with Crippen LogP contribution >= 0.6 is 0 Å². The van der Waals surface area contributed by atoms with Gasteiger partial charge in [-0.2, -0.15) is 0 Å². The van der Waals surface area contributed by atoms with Crippen molar-refractivity contribution in [3.8, 4) is 0 Å². The molecule has 1 saturated carbocycles. The van der Waals surface area contributed by atoms with Gasteiger partial charge < -0.3 is 0 Å². The van der Waals surface area contributed by atoms with Crippen LogP contribution in [0.4, 0.5) is 5.69 Å². The standard InChI is InChI=1S/C24H19NO3/c26-20(16-4-2-1-3-5-16)13-8-15-6-11-19(12-7-15)25-23(27)21-17-9-10-18(14-17)22(21)24(25)28/h1-13,17-18,21-22H,14H2/b13-8+. The first-order valence-electron chi connectivity index (χ1n) is 9.57. The molecule has 0 spiro atoms. The summed E-state index contributed by atoms with van der Waals surface area (Å²) in [5.74, 6) is -0.171. The Bertz CT molecular complexity index is 990. The minimum absolute atomic E-state index is 0.0645. The highest BCUT2D eigenvalue weighted by Crippen LogP contribution is 2.53. The van der Waals surface area contributed by atoms with E-state index in [1.54, 1.807) is 30.3 Å². The molecule has 138 valence electrons. The lowest BCUT2D eigenvalue weighted by Gasteiger charge is -2.17. The molecule has 2 fully saturated rings. The number of nitrogens with zero attached hydrogens (tertiary/aromatic N) is 1. The Hall–Kier alpha value is -3.27. The molecule has 2 amide bonds. The Morgan fingerprint density at radius 1 is 0.857 bits per heavy atom. The molecule has 0 N–H and O–H groups in total. The minimum Gasteiger partial charge on any atom is -0.289 e. The molecule has 1 aliphatic heterocycles. The molecule has 2 aliphatic carbocycles. The number of hydrogen-bond acceptors (Lipinski definition) is 3. The van der Waals surface area contributed by atoms with E-state index >= 15 is 0 Å². The predicted molar refractivity (Wildman–Crippen MR) is 106 cm³/mol. The molecule has 4 unspecified atom stereocenters. The van der Waals surface area contributed by atoms with Crippen molar-refractivity contribution in [1.29, 1.82) is 0 Å². The highest BCUT2D eigenvalue weighted by molar-refractivity contribution is 6.22. The van der Waals surface area contributed by atoms with Crippen molar-refractivity contribution in [1.82, 2.24) is 0 Å². The maximum Gasteiger partial charge on any atom is 0.238 e. The molecule has 4 heteroatoms. The number of amides is 2. The number of benzene rings is 2. The van der Waals surface area contributed by atoms with Gasteiger partial charge in [0.05, 0.1) is 17.5 Å². The minimum atomic E-state index is -0.189. The number of carbonyl (C=O) groups excluding carboxylic acids is 3. The van der Waals surface area contributed by atoms with Gasteiger partial charge in [0.2, 0.25) is 11.8 Å². The Balaban J connectivity index is 1.33. The van der Waals surface area contributed by atoms with Crippen LogP contribution in [-0.2, 0) is 9.59 Å². The zero-order valence-corrected chi connectivity index (χ0v) is 15.2. The van der Waals surface area contributed by atoms with Crippen molar-refractivity contribution in [3.05, 3.63) is 84.0 Å². The lowest BCUT2D eigenvalue weighted by atomic mass is 9.85. The Labute approximate surface area is 163 Å². The second-order valence-electron chi connectivity index (χ2n) is 7.67. The highest BCUT2D eigenvalue weighted by Gasteiger charge is 2.59. The summed E-state index contributed by atoms with van der Waals surface area (Å²) in [5, 5.41) is 0. The van der Waals surface area contributed by atoms with Crippen LogP contribution in [0, 0.1) is 23.7 Å². The van der Waals surface area contributed by atoms with Gasteiger partial charge in [-0.3, -0.25) is 19.3 Å². The molecule has 4 nitrogen and oxygen atoms in total. The van der Waals surface area contributed by atoms with Crippen LogP contribution in [0.2, 0.25) is 0 Å². The molecule has 5 rings (SSSR count). The van der Waals surface area contributed by atoms with Crippen molar-refractivity contribution in [2.75, 3.05) is 4.90 Å². The van der Waals surface area contributed by atoms with Crippen molar-refractivity contribution in [2.45, 2.75) is 6.42 Å². The first kappa shape index (κ1) is 16.9. The average molecular weight is 369 g/mol. The lowest BCUT2D eigenvalue weighted by Crippen LogP contribution is -2.32. The number of ketones is 1. The molecule has 2 bridgehead atoms. The van der Waals surface area contributed by atoms with Gasteiger partial charge in [-0.25, -0.2) is 0 Å². The average Bonchev–Trinajstić information content (AvgIpc) is 3.41. The van der Waals surface area contributed by atoms with E-state index < -0.39 is 0 Å². The topological polar surface area (TPSA) is 54.5 Å². The van der Waals surface area contributed by atoms with Gasteiger partial charge in [-0.1, -0.05) is 60.7 Å². The van der Waals surface area contributed by atoms with E-state index in [9.17, 15) is 14.4 Å². The van der Waals surface area contributed by atoms with Gasteiger partial charge >= 0.3 is 0 Å². The molecular formula is C24H19NO3. The summed E-state index contributed by atoms with van der Waals surface area (Å²) in [6.45, 7) is 0. The van der Waals surface area contributed by atoms with Crippen LogP contribution in [0.1, 0.15) is 22.3 Å². The van der Waals surface area contributed by atoms with Crippen LogP contribution in [0.15, 0.2) is 72.8 Å². The largest absolute Gasteiger partial charge is 0.289 e. The van der Waals surface area contributed by atoms with Crippen LogP contribution in [-0.4, -0.2) is 17.6 Å². The monoisotopic (exact) mass is 369 g/mol. The van der Waals surface area contributed by atoms with Gasteiger partial charge in [-0.05, 0) is 42.0 Å². The summed E-state index contributed by atoms with van der Waals surface area (Å²) in [4.78, 5) is 39.2. The van der Waals surface area contributed by atoms with Gasteiger partial charge in [0, 0.05) is 5.56 Å². The predicted octanol–water partition coefficient (Wildman–Crippen LogP) is 3.89. The quantitative estimate of drug-likeness (QED) is 0.356. The molecule has 3 aliphatic rings. The molecule has 1 heterocycles. The molecule has 28 heavy (non-hydrogen) atoms. The fraction of sp³-hybridized carbons (Fsp3) is 0.208. The number of allylic oxidation sites excluding steroid dienone is 3. The number of carbonyl (C=O) groups is 3. The fourth-order valence-electron chi connectivity index (χ4n) is 4.76. The summed E-state index contributed by atoms with van der Waals surface area (Å²) in [6.07, 6.45) is 8.39. The normalized spacial score (nSPS) is 27.8. The van der Waals surface area contributed by atoms with Crippen molar-refractivity contribution < 1.29 is 14.4 Å². The molecule has 0 radical (unpaired) electrons. The zero-order valence-electron chi connectivity index (χ0n) is 15.2. The molecule has 2 aromatic rings. The van der Waals surface area contributed by atoms with E-state index in [2.05, 4.69) is 12.2 Å². The third-order valence-electron chi connectivity index (χ3n) is 6.11. The van der Waals surface area contributed by atoms with Crippen LogP contribution < -0.4 is 4.90 Å². The van der Waals surface area contributed by atoms with Crippen molar-refractivity contribution >= 4 is 29.4 Å². The second-order valence-corrected chi connectivity index (χ2v) is 7.67. The highest BCUT2D eigenvalue weighted by atomic mass is 16.2. The second kappa shape index (κ2) is 6.41. The van der Waals surface area contributed by atoms with Gasteiger partial charge in [0.1, 0.15) is 0 Å². The first-order chi connectivity index (χ1) is 13.6. The van der Waals surface area contributed by atoms with E-state index in [0.29, 0.717) is 11.3 Å². The summed E-state index contributed by atoms with van der Waals surface area (Å²) in [7, 11) is 0. The van der Waals surface area contributed by atoms with Gasteiger partial charge in [-0.15, -0.1) is 0 Å². The van der Waals surface area contributed by atoms with Crippen LogP contribution in [0.5, 0.6) is 0 Å². The Morgan fingerprint density at radius 2 is 1.46 bits per heavy atom. The number of rotatable bonds is 4. The molecular weight excluding hydrogens is 350 g/mol. The van der Waals surface area contributed by atoms with E-state index in [1.807, 2.05) is 30.3 Å². The Kier molecular flexibility index (Phi) is 3.86. The molecule has 1 saturated heterocycles. The molecule has 2 aromatic carbocycles. The number of anilines is 1. The van der Waals surface area contributed by atoms with Crippen molar-refractivity contribution in [2.24, 2.45) is 23.7 Å². The molecule has 0 aromatic heterocycles. The van der Waals surface area contributed by atoms with Gasteiger partial charge in [0.25, 0.3) is 0 Å². The Morgan fingerprint density at radius 3 is 2.07 bits per heavy atom. The number of hydrogen-bond donors (Lipinski definition) is 0. The fourth-order valence-corrected chi connectivity index (χ4v) is 4.76.